The molecule has 0 spiro atoms. The number of ether oxygens (including phenoxy) is 1. The maximum Gasteiger partial charge on any atom is 0.123 e. The first-order valence-corrected chi connectivity index (χ1v) is 5.89. The van der Waals surface area contributed by atoms with Crippen LogP contribution in [0.3, 0.4) is 0 Å². The van der Waals surface area contributed by atoms with Gasteiger partial charge in [-0.2, -0.15) is 0 Å². The molecular weight excluding hydrogens is 227 g/mol. The van der Waals surface area contributed by atoms with Crippen molar-refractivity contribution < 1.29 is 9.13 Å². The molecule has 1 aliphatic rings. The third-order valence-electron chi connectivity index (χ3n) is 3.31. The van der Waals surface area contributed by atoms with Crippen LogP contribution in [0.15, 0.2) is 48.5 Å². The molecule has 0 amide bonds. The fourth-order valence-electron chi connectivity index (χ4n) is 2.40. The van der Waals surface area contributed by atoms with Crippen LogP contribution in [0.25, 0.3) is 6.08 Å². The Morgan fingerprint density at radius 1 is 1.11 bits per heavy atom. The molecule has 1 atom stereocenters. The molecular formula is C16H13FO. The molecule has 1 nitrogen and oxygen atoms in total. The van der Waals surface area contributed by atoms with Crippen molar-refractivity contribution in [2.45, 2.75) is 5.92 Å². The van der Waals surface area contributed by atoms with E-state index in [0.717, 1.165) is 11.3 Å². The number of benzene rings is 2. The van der Waals surface area contributed by atoms with Crippen molar-refractivity contribution in [1.29, 1.82) is 0 Å². The molecule has 1 unspecified atom stereocenters. The van der Waals surface area contributed by atoms with E-state index in [1.54, 1.807) is 19.2 Å². The zero-order valence-electron chi connectivity index (χ0n) is 10.1. The van der Waals surface area contributed by atoms with Gasteiger partial charge in [0.25, 0.3) is 0 Å². The Morgan fingerprint density at radius 3 is 2.78 bits per heavy atom. The Labute approximate surface area is 106 Å². The second-order valence-corrected chi connectivity index (χ2v) is 4.39. The predicted octanol–water partition coefficient (Wildman–Crippen LogP) is 3.99. The summed E-state index contributed by atoms with van der Waals surface area (Å²) < 4.78 is 18.5. The lowest BCUT2D eigenvalue weighted by molar-refractivity contribution is 0.414. The van der Waals surface area contributed by atoms with Gasteiger partial charge in [-0.3, -0.25) is 0 Å². The van der Waals surface area contributed by atoms with E-state index >= 15 is 0 Å². The molecule has 0 fully saturated rings. The van der Waals surface area contributed by atoms with E-state index in [0.29, 0.717) is 0 Å². The molecule has 0 N–H and O–H groups in total. The molecule has 0 aliphatic heterocycles. The summed E-state index contributed by atoms with van der Waals surface area (Å²) >= 11 is 0. The molecule has 2 aromatic carbocycles. The highest BCUT2D eigenvalue weighted by Gasteiger charge is 2.19. The van der Waals surface area contributed by atoms with Crippen LogP contribution < -0.4 is 4.74 Å². The lowest BCUT2D eigenvalue weighted by atomic mass is 9.93. The molecule has 1 aliphatic carbocycles. The van der Waals surface area contributed by atoms with Gasteiger partial charge in [0.2, 0.25) is 0 Å². The average molecular weight is 240 g/mol. The summed E-state index contributed by atoms with van der Waals surface area (Å²) in [6.07, 6.45) is 4.17. The van der Waals surface area contributed by atoms with E-state index < -0.39 is 0 Å². The molecule has 18 heavy (non-hydrogen) atoms. The highest BCUT2D eigenvalue weighted by molar-refractivity contribution is 5.66. The zero-order valence-corrected chi connectivity index (χ0v) is 10.1. The van der Waals surface area contributed by atoms with E-state index in [2.05, 4.69) is 12.2 Å². The highest BCUT2D eigenvalue weighted by atomic mass is 19.1. The second-order valence-electron chi connectivity index (χ2n) is 4.39. The van der Waals surface area contributed by atoms with Crippen LogP contribution >= 0.6 is 0 Å². The van der Waals surface area contributed by atoms with Gasteiger partial charge in [0, 0.05) is 5.92 Å². The monoisotopic (exact) mass is 240 g/mol. The van der Waals surface area contributed by atoms with Crippen LogP contribution in [0.1, 0.15) is 22.6 Å². The third kappa shape index (κ3) is 1.80. The smallest absolute Gasteiger partial charge is 0.123 e. The van der Waals surface area contributed by atoms with Crippen LogP contribution in [-0.2, 0) is 0 Å². The number of hydrogen-bond donors (Lipinski definition) is 0. The number of halogens is 1. The molecule has 2 heteroatoms. The number of hydrogen-bond acceptors (Lipinski definition) is 1. The Bertz CT molecular complexity index is 616. The Kier molecular flexibility index (Phi) is 2.63. The van der Waals surface area contributed by atoms with Crippen molar-refractivity contribution >= 4 is 6.08 Å². The summed E-state index contributed by atoms with van der Waals surface area (Å²) in [6, 6.07) is 12.7. The van der Waals surface area contributed by atoms with Crippen molar-refractivity contribution in [2.24, 2.45) is 0 Å². The minimum Gasteiger partial charge on any atom is -0.497 e. The van der Waals surface area contributed by atoms with Gasteiger partial charge < -0.3 is 4.74 Å². The Morgan fingerprint density at radius 2 is 2.00 bits per heavy atom. The SMILES string of the molecule is COc1ccc2c(c1)C(c1cccc(F)c1)C=C2. The summed E-state index contributed by atoms with van der Waals surface area (Å²) in [5.74, 6) is 0.752. The van der Waals surface area contributed by atoms with Gasteiger partial charge in [-0.05, 0) is 41.0 Å². The Hall–Kier alpha value is -2.09. The average Bonchev–Trinajstić information content (AvgIpc) is 2.81. The minimum atomic E-state index is -0.197. The fraction of sp³-hybridized carbons (Fsp3) is 0.125. The van der Waals surface area contributed by atoms with Crippen LogP contribution in [0.5, 0.6) is 5.75 Å². The van der Waals surface area contributed by atoms with Crippen molar-refractivity contribution in [1.82, 2.24) is 0 Å². The van der Waals surface area contributed by atoms with E-state index in [4.69, 9.17) is 4.74 Å². The van der Waals surface area contributed by atoms with Gasteiger partial charge >= 0.3 is 0 Å². The van der Waals surface area contributed by atoms with Gasteiger partial charge in [0.15, 0.2) is 0 Å². The molecule has 0 heterocycles. The van der Waals surface area contributed by atoms with Crippen LogP contribution in [0.4, 0.5) is 4.39 Å². The number of rotatable bonds is 2. The summed E-state index contributed by atoms with van der Waals surface area (Å²) in [5, 5.41) is 0. The van der Waals surface area contributed by atoms with Gasteiger partial charge in [-0.15, -0.1) is 0 Å². The molecule has 0 radical (unpaired) electrons. The first-order valence-electron chi connectivity index (χ1n) is 5.89. The van der Waals surface area contributed by atoms with Crippen molar-refractivity contribution in [2.75, 3.05) is 7.11 Å². The minimum absolute atomic E-state index is 0.116. The molecule has 2 aromatic rings. The van der Waals surface area contributed by atoms with Crippen molar-refractivity contribution in [3.63, 3.8) is 0 Å². The lowest BCUT2D eigenvalue weighted by Gasteiger charge is -2.12. The first-order chi connectivity index (χ1) is 8.78. The fourth-order valence-corrected chi connectivity index (χ4v) is 2.40. The van der Waals surface area contributed by atoms with E-state index in [9.17, 15) is 4.39 Å². The lowest BCUT2D eigenvalue weighted by Crippen LogP contribution is -1.97. The topological polar surface area (TPSA) is 9.23 Å². The summed E-state index contributed by atoms with van der Waals surface area (Å²) in [6.45, 7) is 0. The van der Waals surface area contributed by atoms with Gasteiger partial charge in [-0.1, -0.05) is 30.4 Å². The molecule has 90 valence electrons. The van der Waals surface area contributed by atoms with E-state index in [-0.39, 0.29) is 11.7 Å². The second kappa shape index (κ2) is 4.30. The summed E-state index contributed by atoms with van der Waals surface area (Å²) in [4.78, 5) is 0. The van der Waals surface area contributed by atoms with Crippen LogP contribution in [0.2, 0.25) is 0 Å². The van der Waals surface area contributed by atoms with Crippen molar-refractivity contribution in [3.05, 3.63) is 71.0 Å². The van der Waals surface area contributed by atoms with E-state index in [1.807, 2.05) is 24.3 Å². The predicted molar refractivity (Wildman–Crippen MR) is 70.3 cm³/mol. The quantitative estimate of drug-likeness (QED) is 0.771. The normalized spacial score (nSPS) is 16.7. The largest absolute Gasteiger partial charge is 0.497 e. The number of allylic oxidation sites excluding steroid dienone is 1. The van der Waals surface area contributed by atoms with E-state index in [1.165, 1.54) is 17.2 Å². The maximum atomic E-state index is 13.3. The van der Waals surface area contributed by atoms with Crippen molar-refractivity contribution in [3.8, 4) is 5.75 Å². The third-order valence-corrected chi connectivity index (χ3v) is 3.31. The van der Waals surface area contributed by atoms with Gasteiger partial charge in [0.05, 0.1) is 7.11 Å². The Balaban J connectivity index is 2.06. The standard InChI is InChI=1S/C16H13FO/c1-18-14-7-5-11-6-8-15(16(11)10-14)12-3-2-4-13(17)9-12/h2-10,15H,1H3. The molecule has 0 bridgehead atoms. The number of methoxy groups -OCH3 is 1. The molecule has 0 saturated carbocycles. The van der Waals surface area contributed by atoms with Crippen LogP contribution in [-0.4, -0.2) is 7.11 Å². The molecule has 3 rings (SSSR count). The maximum absolute atomic E-state index is 13.3. The molecule has 0 aromatic heterocycles. The van der Waals surface area contributed by atoms with Gasteiger partial charge in [-0.25, -0.2) is 4.39 Å². The summed E-state index contributed by atoms with van der Waals surface area (Å²) in [7, 11) is 1.65. The van der Waals surface area contributed by atoms with Gasteiger partial charge in [0.1, 0.15) is 11.6 Å². The zero-order chi connectivity index (χ0) is 12.5. The first kappa shape index (κ1) is 11.0. The van der Waals surface area contributed by atoms with Crippen LogP contribution in [0, 0.1) is 5.82 Å². The summed E-state index contributed by atoms with van der Waals surface area (Å²) in [5.41, 5.74) is 3.31. The number of fused-ring (bicyclic) bond motifs is 1. The molecule has 0 saturated heterocycles. The highest BCUT2D eigenvalue weighted by Crippen LogP contribution is 2.37.